The number of fused-ring (bicyclic) bond motifs is 1. The molecule has 2 amide bonds. The molecule has 0 atom stereocenters. The number of aromatic amines is 1. The predicted octanol–water partition coefficient (Wildman–Crippen LogP) is 3.69. The van der Waals surface area contributed by atoms with Gasteiger partial charge in [0, 0.05) is 24.5 Å². The van der Waals surface area contributed by atoms with E-state index in [1.807, 2.05) is 48.5 Å². The van der Waals surface area contributed by atoms with Gasteiger partial charge in [-0.1, -0.05) is 35.9 Å². The average molecular weight is 357 g/mol. The lowest BCUT2D eigenvalue weighted by Gasteiger charge is -2.07. The van der Waals surface area contributed by atoms with Crippen molar-refractivity contribution >= 4 is 28.7 Å². The molecule has 0 spiro atoms. The molecular formula is C19H21ClN4O. The first kappa shape index (κ1) is 17.3. The Morgan fingerprint density at radius 1 is 1.00 bits per heavy atom. The molecule has 0 aliphatic rings. The van der Waals surface area contributed by atoms with Crippen molar-refractivity contribution in [3.8, 4) is 0 Å². The van der Waals surface area contributed by atoms with Gasteiger partial charge in [0.2, 0.25) is 0 Å². The van der Waals surface area contributed by atoms with Crippen molar-refractivity contribution in [3.05, 3.63) is 64.9 Å². The summed E-state index contributed by atoms with van der Waals surface area (Å²) in [4.78, 5) is 19.6. The second-order valence-electron chi connectivity index (χ2n) is 5.86. The second-order valence-corrected chi connectivity index (χ2v) is 6.30. The Labute approximate surface area is 151 Å². The van der Waals surface area contributed by atoms with Gasteiger partial charge in [0.15, 0.2) is 0 Å². The third-order valence-corrected chi connectivity index (χ3v) is 4.18. The zero-order valence-electron chi connectivity index (χ0n) is 13.9. The fourth-order valence-electron chi connectivity index (χ4n) is 2.62. The summed E-state index contributed by atoms with van der Waals surface area (Å²) in [6.07, 6.45) is 2.42. The molecule has 2 aromatic carbocycles. The number of rotatable bonds is 7. The number of aryl methyl sites for hydroxylation is 1. The van der Waals surface area contributed by atoms with Crippen LogP contribution >= 0.6 is 11.6 Å². The molecule has 6 heteroatoms. The molecule has 5 nitrogen and oxygen atoms in total. The van der Waals surface area contributed by atoms with Gasteiger partial charge in [0.05, 0.1) is 11.0 Å². The summed E-state index contributed by atoms with van der Waals surface area (Å²) in [7, 11) is 0. The topological polar surface area (TPSA) is 69.8 Å². The van der Waals surface area contributed by atoms with Crippen LogP contribution in [-0.2, 0) is 12.8 Å². The van der Waals surface area contributed by atoms with Crippen molar-refractivity contribution < 1.29 is 4.79 Å². The second kappa shape index (κ2) is 8.53. The number of hydrogen-bond acceptors (Lipinski definition) is 2. The van der Waals surface area contributed by atoms with Gasteiger partial charge in [0.25, 0.3) is 0 Å². The zero-order chi connectivity index (χ0) is 17.5. The largest absolute Gasteiger partial charge is 0.342 e. The quantitative estimate of drug-likeness (QED) is 0.565. The van der Waals surface area contributed by atoms with E-state index in [0.717, 1.165) is 46.7 Å². The van der Waals surface area contributed by atoms with Crippen molar-refractivity contribution in [3.63, 3.8) is 0 Å². The molecule has 0 saturated heterocycles. The molecular weight excluding hydrogens is 336 g/mol. The summed E-state index contributed by atoms with van der Waals surface area (Å²) in [6, 6.07) is 15.5. The SMILES string of the molecule is O=C(NCCCc1nc2ccccc2[nH]1)NCCc1ccc(Cl)cc1. The number of hydrogen-bond donors (Lipinski definition) is 3. The average Bonchev–Trinajstić information content (AvgIpc) is 3.03. The number of H-pyrrole nitrogens is 1. The molecule has 130 valence electrons. The van der Waals surface area contributed by atoms with E-state index < -0.39 is 0 Å². The van der Waals surface area contributed by atoms with E-state index in [9.17, 15) is 4.79 Å². The van der Waals surface area contributed by atoms with E-state index in [2.05, 4.69) is 20.6 Å². The predicted molar refractivity (Wildman–Crippen MR) is 101 cm³/mol. The number of nitrogens with zero attached hydrogens (tertiary/aromatic N) is 1. The summed E-state index contributed by atoms with van der Waals surface area (Å²) >= 11 is 5.85. The van der Waals surface area contributed by atoms with Crippen LogP contribution < -0.4 is 10.6 Å². The molecule has 1 aromatic heterocycles. The van der Waals surface area contributed by atoms with E-state index in [1.54, 1.807) is 0 Å². The molecule has 3 N–H and O–H groups in total. The molecule has 3 rings (SSSR count). The maximum Gasteiger partial charge on any atom is 0.314 e. The minimum atomic E-state index is -0.140. The summed E-state index contributed by atoms with van der Waals surface area (Å²) in [5.74, 6) is 0.950. The lowest BCUT2D eigenvalue weighted by atomic mass is 10.1. The number of carbonyl (C=O) groups is 1. The van der Waals surface area contributed by atoms with Gasteiger partial charge in [-0.2, -0.15) is 0 Å². The molecule has 0 aliphatic heterocycles. The Bertz CT molecular complexity index is 796. The number of para-hydroxylation sites is 2. The molecule has 0 radical (unpaired) electrons. The monoisotopic (exact) mass is 356 g/mol. The smallest absolute Gasteiger partial charge is 0.314 e. The van der Waals surface area contributed by atoms with Crippen LogP contribution in [0, 0.1) is 0 Å². The molecule has 1 heterocycles. The minimum Gasteiger partial charge on any atom is -0.342 e. The van der Waals surface area contributed by atoms with Crippen LogP contribution in [0.15, 0.2) is 48.5 Å². The van der Waals surface area contributed by atoms with Gasteiger partial charge in [-0.15, -0.1) is 0 Å². The van der Waals surface area contributed by atoms with Crippen molar-refractivity contribution in [2.24, 2.45) is 0 Å². The summed E-state index contributed by atoms with van der Waals surface area (Å²) in [5.41, 5.74) is 3.17. The van der Waals surface area contributed by atoms with E-state index in [-0.39, 0.29) is 6.03 Å². The van der Waals surface area contributed by atoms with Crippen LogP contribution in [0.3, 0.4) is 0 Å². The van der Waals surface area contributed by atoms with Crippen LogP contribution in [0.4, 0.5) is 4.79 Å². The molecule has 0 aliphatic carbocycles. The third kappa shape index (κ3) is 5.22. The van der Waals surface area contributed by atoms with E-state index in [0.29, 0.717) is 13.1 Å². The fourth-order valence-corrected chi connectivity index (χ4v) is 2.74. The van der Waals surface area contributed by atoms with Crippen molar-refractivity contribution in [2.45, 2.75) is 19.3 Å². The highest BCUT2D eigenvalue weighted by molar-refractivity contribution is 6.30. The van der Waals surface area contributed by atoms with Crippen LogP contribution in [-0.4, -0.2) is 29.1 Å². The highest BCUT2D eigenvalue weighted by atomic mass is 35.5. The summed E-state index contributed by atoms with van der Waals surface area (Å²) < 4.78 is 0. The lowest BCUT2D eigenvalue weighted by molar-refractivity contribution is 0.241. The van der Waals surface area contributed by atoms with Gasteiger partial charge in [-0.3, -0.25) is 0 Å². The Hall–Kier alpha value is -2.53. The third-order valence-electron chi connectivity index (χ3n) is 3.93. The Kier molecular flexibility index (Phi) is 5.90. The molecule has 3 aromatic rings. The first-order chi connectivity index (χ1) is 12.2. The van der Waals surface area contributed by atoms with Crippen LogP contribution in [0.25, 0.3) is 11.0 Å². The Morgan fingerprint density at radius 2 is 1.76 bits per heavy atom. The molecule has 0 unspecified atom stereocenters. The number of aromatic nitrogens is 2. The minimum absolute atomic E-state index is 0.140. The van der Waals surface area contributed by atoms with Gasteiger partial charge >= 0.3 is 6.03 Å². The fraction of sp³-hybridized carbons (Fsp3) is 0.263. The Morgan fingerprint density at radius 3 is 2.56 bits per heavy atom. The standard InChI is InChI=1S/C19H21ClN4O/c20-15-9-7-14(8-10-15)11-13-22-19(25)21-12-3-6-18-23-16-4-1-2-5-17(16)24-18/h1-2,4-5,7-10H,3,6,11-13H2,(H,23,24)(H2,21,22,25). The molecule has 25 heavy (non-hydrogen) atoms. The zero-order valence-corrected chi connectivity index (χ0v) is 14.6. The van der Waals surface area contributed by atoms with Crippen LogP contribution in [0.2, 0.25) is 5.02 Å². The molecule has 0 bridgehead atoms. The van der Waals surface area contributed by atoms with Gasteiger partial charge < -0.3 is 15.6 Å². The van der Waals surface area contributed by atoms with Crippen LogP contribution in [0.1, 0.15) is 17.8 Å². The normalized spacial score (nSPS) is 10.8. The van der Waals surface area contributed by atoms with E-state index in [4.69, 9.17) is 11.6 Å². The lowest BCUT2D eigenvalue weighted by Crippen LogP contribution is -2.37. The maximum atomic E-state index is 11.8. The first-order valence-corrected chi connectivity index (χ1v) is 8.78. The number of benzene rings is 2. The maximum absolute atomic E-state index is 11.8. The number of amides is 2. The Balaban J connectivity index is 1.31. The first-order valence-electron chi connectivity index (χ1n) is 8.40. The van der Waals surface area contributed by atoms with Crippen LogP contribution in [0.5, 0.6) is 0 Å². The van der Waals surface area contributed by atoms with Gasteiger partial charge in [0.1, 0.15) is 5.82 Å². The number of nitrogens with one attached hydrogen (secondary N) is 3. The number of imidazole rings is 1. The summed E-state index contributed by atoms with van der Waals surface area (Å²) in [5, 5.41) is 6.45. The van der Waals surface area contributed by atoms with Crippen molar-refractivity contribution in [2.75, 3.05) is 13.1 Å². The summed E-state index contributed by atoms with van der Waals surface area (Å²) in [6.45, 7) is 1.21. The molecule has 0 fully saturated rings. The number of urea groups is 1. The number of carbonyl (C=O) groups excluding carboxylic acids is 1. The van der Waals surface area contributed by atoms with E-state index >= 15 is 0 Å². The van der Waals surface area contributed by atoms with Crippen molar-refractivity contribution in [1.82, 2.24) is 20.6 Å². The van der Waals surface area contributed by atoms with Gasteiger partial charge in [-0.25, -0.2) is 9.78 Å². The molecule has 0 saturated carbocycles. The number of halogens is 1. The highest BCUT2D eigenvalue weighted by Crippen LogP contribution is 2.11. The van der Waals surface area contributed by atoms with E-state index in [1.165, 1.54) is 0 Å². The van der Waals surface area contributed by atoms with Crippen molar-refractivity contribution in [1.29, 1.82) is 0 Å². The highest BCUT2D eigenvalue weighted by Gasteiger charge is 2.03. The van der Waals surface area contributed by atoms with Gasteiger partial charge in [-0.05, 0) is 42.7 Å².